The Morgan fingerprint density at radius 1 is 1.07 bits per heavy atom. The topological polar surface area (TPSA) is 71.3 Å². The summed E-state index contributed by atoms with van der Waals surface area (Å²) in [5.74, 6) is 1.17. The second-order valence-electron chi connectivity index (χ2n) is 6.53. The summed E-state index contributed by atoms with van der Waals surface area (Å²) in [7, 11) is 1.64. The maximum atomic E-state index is 12.3. The van der Waals surface area contributed by atoms with Crippen LogP contribution >= 0.6 is 0 Å². The smallest absolute Gasteiger partial charge is 0.248 e. The number of amides is 1. The summed E-state index contributed by atoms with van der Waals surface area (Å²) in [5.41, 5.74) is 3.73. The van der Waals surface area contributed by atoms with Gasteiger partial charge < -0.3 is 14.8 Å². The highest BCUT2D eigenvalue weighted by Gasteiger charge is 2.07. The molecule has 0 heterocycles. The number of benzene rings is 3. The average molecular weight is 398 g/mol. The standard InChI is InChI=1S/C25H22N2O3/c1-29-24-13-10-22(18-21(24)17-20-5-3-2-4-6-20)27-25(28)14-9-19-7-11-23(12-8-19)30-16-15-26/h2-14,18H,16-17H2,1H3,(H,27,28)/b14-9+. The van der Waals surface area contributed by atoms with Crippen molar-refractivity contribution in [3.8, 4) is 17.6 Å². The lowest BCUT2D eigenvalue weighted by molar-refractivity contribution is -0.111. The largest absolute Gasteiger partial charge is 0.496 e. The zero-order valence-corrected chi connectivity index (χ0v) is 16.7. The molecular weight excluding hydrogens is 376 g/mol. The van der Waals surface area contributed by atoms with Crippen molar-refractivity contribution >= 4 is 17.7 Å². The molecule has 0 saturated carbocycles. The van der Waals surface area contributed by atoms with Crippen LogP contribution in [-0.4, -0.2) is 19.6 Å². The van der Waals surface area contributed by atoms with Crippen LogP contribution in [0.2, 0.25) is 0 Å². The van der Waals surface area contributed by atoms with E-state index in [0.29, 0.717) is 17.9 Å². The summed E-state index contributed by atoms with van der Waals surface area (Å²) >= 11 is 0. The van der Waals surface area contributed by atoms with Crippen LogP contribution < -0.4 is 14.8 Å². The molecular formula is C25H22N2O3. The van der Waals surface area contributed by atoms with E-state index in [-0.39, 0.29) is 12.5 Å². The summed E-state index contributed by atoms with van der Waals surface area (Å²) in [6.07, 6.45) is 3.91. The molecule has 0 atom stereocenters. The van der Waals surface area contributed by atoms with Crippen molar-refractivity contribution in [3.05, 3.63) is 95.6 Å². The zero-order valence-electron chi connectivity index (χ0n) is 16.7. The van der Waals surface area contributed by atoms with E-state index in [2.05, 4.69) is 17.4 Å². The fourth-order valence-electron chi connectivity index (χ4n) is 2.96. The molecule has 0 aliphatic heterocycles. The third kappa shape index (κ3) is 5.98. The lowest BCUT2D eigenvalue weighted by Gasteiger charge is -2.11. The van der Waals surface area contributed by atoms with Gasteiger partial charge >= 0.3 is 0 Å². The molecule has 30 heavy (non-hydrogen) atoms. The first-order valence-corrected chi connectivity index (χ1v) is 9.47. The van der Waals surface area contributed by atoms with Crippen LogP contribution in [0.3, 0.4) is 0 Å². The number of nitrogens with one attached hydrogen (secondary N) is 1. The fraction of sp³-hybridized carbons (Fsp3) is 0.120. The van der Waals surface area contributed by atoms with Crippen LogP contribution in [0.4, 0.5) is 5.69 Å². The molecule has 1 N–H and O–H groups in total. The molecule has 5 nitrogen and oxygen atoms in total. The molecule has 0 radical (unpaired) electrons. The molecule has 0 aliphatic carbocycles. The van der Waals surface area contributed by atoms with Crippen molar-refractivity contribution < 1.29 is 14.3 Å². The fourth-order valence-corrected chi connectivity index (χ4v) is 2.96. The van der Waals surface area contributed by atoms with E-state index in [4.69, 9.17) is 14.7 Å². The Morgan fingerprint density at radius 2 is 1.83 bits per heavy atom. The van der Waals surface area contributed by atoms with E-state index in [1.165, 1.54) is 11.6 Å². The molecule has 5 heteroatoms. The molecule has 1 amide bonds. The first kappa shape index (κ1) is 20.7. The molecule has 0 fully saturated rings. The number of hydrogen-bond acceptors (Lipinski definition) is 4. The van der Waals surface area contributed by atoms with Gasteiger partial charge in [-0.2, -0.15) is 5.26 Å². The Bertz CT molecular complexity index is 1050. The van der Waals surface area contributed by atoms with Crippen molar-refractivity contribution in [2.75, 3.05) is 19.0 Å². The van der Waals surface area contributed by atoms with Gasteiger partial charge in [0.05, 0.1) is 7.11 Å². The molecule has 0 spiro atoms. The van der Waals surface area contributed by atoms with Gasteiger partial charge in [-0.1, -0.05) is 42.5 Å². The van der Waals surface area contributed by atoms with Crippen LogP contribution in [0, 0.1) is 11.3 Å². The molecule has 3 aromatic carbocycles. The number of rotatable bonds is 8. The lowest BCUT2D eigenvalue weighted by Crippen LogP contribution is -2.08. The second-order valence-corrected chi connectivity index (χ2v) is 6.53. The third-order valence-corrected chi connectivity index (χ3v) is 4.40. The summed E-state index contributed by atoms with van der Waals surface area (Å²) in [6, 6.07) is 24.8. The van der Waals surface area contributed by atoms with Gasteiger partial charge in [0.2, 0.25) is 5.91 Å². The number of ether oxygens (including phenoxy) is 2. The molecule has 0 unspecified atom stereocenters. The van der Waals surface area contributed by atoms with Crippen molar-refractivity contribution in [1.29, 1.82) is 5.26 Å². The van der Waals surface area contributed by atoms with Gasteiger partial charge in [0.15, 0.2) is 6.61 Å². The van der Waals surface area contributed by atoms with Gasteiger partial charge in [0.1, 0.15) is 17.6 Å². The number of carbonyl (C=O) groups is 1. The highest BCUT2D eigenvalue weighted by Crippen LogP contribution is 2.25. The van der Waals surface area contributed by atoms with E-state index in [1.807, 2.05) is 54.6 Å². The number of anilines is 1. The van der Waals surface area contributed by atoms with Crippen LogP contribution in [0.15, 0.2) is 78.9 Å². The van der Waals surface area contributed by atoms with Crippen LogP contribution in [0.5, 0.6) is 11.5 Å². The highest BCUT2D eigenvalue weighted by molar-refractivity contribution is 6.02. The van der Waals surface area contributed by atoms with Crippen molar-refractivity contribution in [3.63, 3.8) is 0 Å². The van der Waals surface area contributed by atoms with Gasteiger partial charge in [-0.15, -0.1) is 0 Å². The highest BCUT2D eigenvalue weighted by atomic mass is 16.5. The van der Waals surface area contributed by atoms with E-state index >= 15 is 0 Å². The molecule has 3 rings (SSSR count). The van der Waals surface area contributed by atoms with Crippen molar-refractivity contribution in [1.82, 2.24) is 0 Å². The number of carbonyl (C=O) groups excluding carboxylic acids is 1. The van der Waals surface area contributed by atoms with Crippen molar-refractivity contribution in [2.45, 2.75) is 6.42 Å². The first-order valence-electron chi connectivity index (χ1n) is 9.47. The maximum absolute atomic E-state index is 12.3. The van der Waals surface area contributed by atoms with E-state index in [9.17, 15) is 4.79 Å². The third-order valence-electron chi connectivity index (χ3n) is 4.40. The molecule has 0 bridgehead atoms. The molecule has 0 saturated heterocycles. The van der Waals surface area contributed by atoms with Crippen molar-refractivity contribution in [2.24, 2.45) is 0 Å². The SMILES string of the molecule is COc1ccc(NC(=O)/C=C/c2ccc(OCC#N)cc2)cc1Cc1ccccc1. The normalized spacial score (nSPS) is 10.4. The van der Waals surface area contributed by atoms with Crippen LogP contribution in [0.25, 0.3) is 6.08 Å². The predicted octanol–water partition coefficient (Wildman–Crippen LogP) is 4.84. The van der Waals surface area contributed by atoms with Gasteiger partial charge in [0, 0.05) is 23.7 Å². The lowest BCUT2D eigenvalue weighted by atomic mass is 10.0. The Balaban J connectivity index is 1.65. The van der Waals surface area contributed by atoms with E-state index in [0.717, 1.165) is 16.9 Å². The molecule has 0 aromatic heterocycles. The number of methoxy groups -OCH3 is 1. The van der Waals surface area contributed by atoms with Crippen LogP contribution in [-0.2, 0) is 11.2 Å². The summed E-state index contributed by atoms with van der Waals surface area (Å²) < 4.78 is 10.7. The summed E-state index contributed by atoms with van der Waals surface area (Å²) in [4.78, 5) is 12.3. The Labute approximate surface area is 176 Å². The van der Waals surface area contributed by atoms with Gasteiger partial charge in [-0.05, 0) is 47.5 Å². The number of hydrogen-bond donors (Lipinski definition) is 1. The summed E-state index contributed by atoms with van der Waals surface area (Å²) in [6.45, 7) is 0.00567. The average Bonchev–Trinajstić information content (AvgIpc) is 2.78. The Kier molecular flexibility index (Phi) is 7.23. The van der Waals surface area contributed by atoms with Gasteiger partial charge in [-0.25, -0.2) is 0 Å². The zero-order chi connectivity index (χ0) is 21.2. The molecule has 150 valence electrons. The van der Waals surface area contributed by atoms with Gasteiger partial charge in [0.25, 0.3) is 0 Å². The minimum absolute atomic E-state index is 0.00567. The number of nitrogens with zero attached hydrogens (tertiary/aromatic N) is 1. The van der Waals surface area contributed by atoms with E-state index < -0.39 is 0 Å². The van der Waals surface area contributed by atoms with Crippen LogP contribution in [0.1, 0.15) is 16.7 Å². The number of nitriles is 1. The Morgan fingerprint density at radius 3 is 2.53 bits per heavy atom. The minimum Gasteiger partial charge on any atom is -0.496 e. The molecule has 3 aromatic rings. The van der Waals surface area contributed by atoms with E-state index in [1.54, 1.807) is 25.3 Å². The quantitative estimate of drug-likeness (QED) is 0.551. The monoisotopic (exact) mass is 398 g/mol. The minimum atomic E-state index is -0.226. The summed E-state index contributed by atoms with van der Waals surface area (Å²) in [5, 5.41) is 11.4. The maximum Gasteiger partial charge on any atom is 0.248 e. The van der Waals surface area contributed by atoms with Gasteiger partial charge in [-0.3, -0.25) is 4.79 Å². The predicted molar refractivity (Wildman–Crippen MR) is 117 cm³/mol. The second kappa shape index (κ2) is 10.5. The molecule has 0 aliphatic rings. The Hall–Kier alpha value is -4.04. The first-order chi connectivity index (χ1) is 14.7.